The highest BCUT2D eigenvalue weighted by molar-refractivity contribution is 5.66. The van der Waals surface area contributed by atoms with E-state index in [2.05, 4.69) is 50.1 Å². The zero-order valence-electron chi connectivity index (χ0n) is 16.8. The van der Waals surface area contributed by atoms with Crippen molar-refractivity contribution in [1.82, 2.24) is 0 Å². The van der Waals surface area contributed by atoms with Gasteiger partial charge in [-0.05, 0) is 30.4 Å². The van der Waals surface area contributed by atoms with Gasteiger partial charge in [0.05, 0.1) is 30.1 Å². The Balaban J connectivity index is 1.62. The monoisotopic (exact) mass is 369 g/mol. The lowest BCUT2D eigenvalue weighted by Gasteiger charge is -2.68. The first-order chi connectivity index (χ1) is 13.0. The number of nitrogens with zero attached hydrogens (tertiary/aromatic N) is 2. The molecule has 5 aliphatic heterocycles. The average molecular weight is 370 g/mol. The summed E-state index contributed by atoms with van der Waals surface area (Å²) in [5, 5.41) is 23.6. The van der Waals surface area contributed by atoms with E-state index in [1.807, 2.05) is 0 Å². The molecule has 0 unspecified atom stereocenters. The molecular weight excluding hydrogens is 336 g/mol. The van der Waals surface area contributed by atoms with Crippen LogP contribution in [0.4, 0.5) is 5.69 Å². The molecule has 1 spiro atoms. The van der Waals surface area contributed by atoms with E-state index in [4.69, 9.17) is 0 Å². The second-order valence-corrected chi connectivity index (χ2v) is 10.1. The van der Waals surface area contributed by atoms with Gasteiger partial charge in [0.25, 0.3) is 0 Å². The second-order valence-electron chi connectivity index (χ2n) is 10.1. The van der Waals surface area contributed by atoms with Crippen LogP contribution in [0.3, 0.4) is 0 Å². The summed E-state index contributed by atoms with van der Waals surface area (Å²) in [6.07, 6.45) is 3.84. The van der Waals surface area contributed by atoms with Crippen LogP contribution in [-0.2, 0) is 5.41 Å². The number of benzene rings is 1. The summed E-state index contributed by atoms with van der Waals surface area (Å²) in [6, 6.07) is 9.97. The predicted molar refractivity (Wildman–Crippen MR) is 105 cm³/mol. The molecule has 2 N–H and O–H groups in total. The van der Waals surface area contributed by atoms with Crippen molar-refractivity contribution in [2.75, 3.05) is 18.5 Å². The van der Waals surface area contributed by atoms with Gasteiger partial charge in [-0.15, -0.1) is 0 Å². The van der Waals surface area contributed by atoms with Crippen LogP contribution in [-0.4, -0.2) is 58.7 Å². The van der Waals surface area contributed by atoms with Crippen molar-refractivity contribution in [3.63, 3.8) is 0 Å². The van der Waals surface area contributed by atoms with Gasteiger partial charge in [-0.3, -0.25) is 4.48 Å². The number of fused-ring (bicyclic) bond motifs is 2. The summed E-state index contributed by atoms with van der Waals surface area (Å²) >= 11 is 0. The van der Waals surface area contributed by atoms with E-state index < -0.39 is 0 Å². The number of hydrogen-bond acceptors (Lipinski definition) is 3. The first-order valence-corrected chi connectivity index (χ1v) is 11.1. The number of likely N-dealkylation sites (N-methyl/N-ethyl adjacent to an activating group) is 1. The zero-order chi connectivity index (χ0) is 18.7. The van der Waals surface area contributed by atoms with Crippen LogP contribution >= 0.6 is 0 Å². The van der Waals surface area contributed by atoms with Gasteiger partial charge in [0.15, 0.2) is 6.23 Å². The molecule has 5 fully saturated rings. The van der Waals surface area contributed by atoms with Gasteiger partial charge in [-0.25, -0.2) is 0 Å². The summed E-state index contributed by atoms with van der Waals surface area (Å²) in [4.78, 5) is 2.48. The van der Waals surface area contributed by atoms with Crippen molar-refractivity contribution in [3.8, 4) is 0 Å². The lowest BCUT2D eigenvalue weighted by atomic mass is 9.60. The summed E-state index contributed by atoms with van der Waals surface area (Å²) in [5.41, 5.74) is 2.56. The molecule has 4 saturated heterocycles. The molecular formula is C23H33N2O2+. The minimum atomic E-state index is -0.271. The molecule has 146 valence electrons. The van der Waals surface area contributed by atoms with Crippen LogP contribution in [0.15, 0.2) is 24.3 Å². The molecule has 0 radical (unpaired) electrons. The average Bonchev–Trinajstić information content (AvgIpc) is 3.06. The quantitative estimate of drug-likeness (QED) is 0.805. The fourth-order valence-electron chi connectivity index (χ4n) is 9.23. The zero-order valence-corrected chi connectivity index (χ0v) is 16.8. The highest BCUT2D eigenvalue weighted by Crippen LogP contribution is 2.71. The van der Waals surface area contributed by atoms with Gasteiger partial charge < -0.3 is 15.1 Å². The van der Waals surface area contributed by atoms with E-state index in [0.717, 1.165) is 30.3 Å². The Kier molecular flexibility index (Phi) is 3.17. The summed E-state index contributed by atoms with van der Waals surface area (Å²) < 4.78 is 0.873. The third-order valence-electron chi connectivity index (χ3n) is 9.73. The molecule has 0 amide bonds. The number of anilines is 1. The minimum absolute atomic E-state index is 0.127. The molecule has 5 bridgehead atoms. The SMILES string of the molecule is CCC[N@+]12[C@H](O)[C@@H](CC)[C@@H]3C[C@H]1[C@@H]1N(C)c4ccccc4[C@]14C[C@H]2[C@@H]3[C@H]4O. The number of quaternary nitrogens is 1. The number of piperidine rings is 4. The lowest BCUT2D eigenvalue weighted by Crippen LogP contribution is -2.83. The van der Waals surface area contributed by atoms with Crippen molar-refractivity contribution in [2.24, 2.45) is 17.8 Å². The number of rotatable bonds is 3. The van der Waals surface area contributed by atoms with Crippen molar-refractivity contribution in [1.29, 1.82) is 0 Å². The summed E-state index contributed by atoms with van der Waals surface area (Å²) in [5.74, 6) is 1.18. The van der Waals surface area contributed by atoms with Crippen LogP contribution in [0.2, 0.25) is 0 Å². The molecule has 1 saturated carbocycles. The normalized spacial score (nSPS) is 53.7. The lowest BCUT2D eigenvalue weighted by molar-refractivity contribution is -1.04. The topological polar surface area (TPSA) is 43.7 Å². The van der Waals surface area contributed by atoms with Crippen LogP contribution < -0.4 is 4.90 Å². The smallest absolute Gasteiger partial charge is 0.194 e. The van der Waals surface area contributed by atoms with Crippen molar-refractivity contribution in [3.05, 3.63) is 29.8 Å². The number of para-hydroxylation sites is 1. The predicted octanol–water partition coefficient (Wildman–Crippen LogP) is 2.48. The Hall–Kier alpha value is -1.10. The summed E-state index contributed by atoms with van der Waals surface area (Å²) in [6.45, 7) is 5.56. The van der Waals surface area contributed by atoms with Crippen LogP contribution in [0.5, 0.6) is 0 Å². The number of aliphatic hydroxyl groups excluding tert-OH is 2. The molecule has 5 heterocycles. The molecule has 6 aliphatic rings. The van der Waals surface area contributed by atoms with E-state index in [-0.39, 0.29) is 17.7 Å². The first kappa shape index (κ1) is 16.8. The van der Waals surface area contributed by atoms with Crippen molar-refractivity contribution in [2.45, 2.75) is 75.4 Å². The Morgan fingerprint density at radius 1 is 1.19 bits per heavy atom. The maximum absolute atomic E-state index is 11.9. The van der Waals surface area contributed by atoms with Gasteiger partial charge in [-0.2, -0.15) is 0 Å². The second kappa shape index (κ2) is 5.08. The molecule has 1 aromatic rings. The minimum Gasteiger partial charge on any atom is -0.392 e. The molecule has 1 aromatic carbocycles. The van der Waals surface area contributed by atoms with Gasteiger partial charge in [0, 0.05) is 37.4 Å². The maximum Gasteiger partial charge on any atom is 0.194 e. The van der Waals surface area contributed by atoms with E-state index in [0.29, 0.717) is 35.9 Å². The number of hydrogen-bond donors (Lipinski definition) is 2. The standard InChI is InChI=1S/C23H33N2O2/c1-4-10-25-17-11-14(13(5-2)22(25)27)19-18(25)12-23(21(19)26)15-8-6-7-9-16(15)24(3)20(17)23/h6-9,13-14,17-22,26-27H,4-5,10-12H2,1-3H3/q+1/t13-,14-,17-,18-,19+,20-,21+,22+,23+,25-/m0/s1. The van der Waals surface area contributed by atoms with E-state index in [9.17, 15) is 10.2 Å². The van der Waals surface area contributed by atoms with Gasteiger partial charge in [-0.1, -0.05) is 32.0 Å². The Morgan fingerprint density at radius 3 is 2.70 bits per heavy atom. The van der Waals surface area contributed by atoms with Crippen LogP contribution in [0, 0.1) is 17.8 Å². The van der Waals surface area contributed by atoms with Gasteiger partial charge in [0.1, 0.15) is 6.04 Å². The number of aliphatic hydroxyl groups is 2. The Labute approximate surface area is 162 Å². The molecule has 4 heteroatoms. The Morgan fingerprint density at radius 2 is 1.96 bits per heavy atom. The summed E-state index contributed by atoms with van der Waals surface area (Å²) in [7, 11) is 2.23. The van der Waals surface area contributed by atoms with Crippen LogP contribution in [0.1, 0.15) is 45.1 Å². The largest absolute Gasteiger partial charge is 0.392 e. The molecule has 10 atom stereocenters. The van der Waals surface area contributed by atoms with E-state index in [1.54, 1.807) is 0 Å². The highest BCUT2D eigenvalue weighted by Gasteiger charge is 2.82. The van der Waals surface area contributed by atoms with Crippen molar-refractivity contribution >= 4 is 5.69 Å². The van der Waals surface area contributed by atoms with E-state index in [1.165, 1.54) is 17.7 Å². The van der Waals surface area contributed by atoms with E-state index >= 15 is 0 Å². The molecule has 4 nitrogen and oxygen atoms in total. The third-order valence-corrected chi connectivity index (χ3v) is 9.73. The van der Waals surface area contributed by atoms with Gasteiger partial charge in [0.2, 0.25) is 0 Å². The highest BCUT2D eigenvalue weighted by atomic mass is 16.3. The molecule has 0 aromatic heterocycles. The van der Waals surface area contributed by atoms with Crippen molar-refractivity contribution < 1.29 is 14.7 Å². The molecule has 1 aliphatic carbocycles. The first-order valence-electron chi connectivity index (χ1n) is 11.1. The maximum atomic E-state index is 11.9. The third kappa shape index (κ3) is 1.51. The fourth-order valence-corrected chi connectivity index (χ4v) is 9.23. The van der Waals surface area contributed by atoms with Crippen LogP contribution in [0.25, 0.3) is 0 Å². The molecule has 7 rings (SSSR count). The molecule has 27 heavy (non-hydrogen) atoms. The van der Waals surface area contributed by atoms with Gasteiger partial charge >= 0.3 is 0 Å². The fraction of sp³-hybridized carbons (Fsp3) is 0.739. The Bertz CT molecular complexity index is 798.